The summed E-state index contributed by atoms with van der Waals surface area (Å²) in [4.78, 5) is 13.0. The molecular weight excluding hydrogens is 885 g/mol. The Morgan fingerprint density at radius 2 is 0.942 bits per heavy atom. The van der Waals surface area contributed by atoms with Gasteiger partial charge in [-0.1, -0.05) is 192 Å². The van der Waals surface area contributed by atoms with Gasteiger partial charge in [-0.15, -0.1) is 0 Å². The van der Waals surface area contributed by atoms with Crippen molar-refractivity contribution in [1.29, 1.82) is 0 Å². The second-order valence-corrected chi connectivity index (χ2v) is 19.4. The largest absolute Gasteiger partial charge is 0.457 e. The molecule has 0 saturated carbocycles. The third-order valence-electron chi connectivity index (χ3n) is 13.2. The highest BCUT2D eigenvalue weighted by Gasteiger charge is 2.47. The van der Waals surface area contributed by atoms with Crippen molar-refractivity contribution in [2.24, 2.45) is 0 Å². The summed E-state index contributed by atoms with van der Waals surface area (Å²) in [7, 11) is 0. The number of aliphatic hydroxyl groups is 7. The number of ether oxygens (including phenoxy) is 6. The van der Waals surface area contributed by atoms with Gasteiger partial charge in [0.1, 0.15) is 54.9 Å². The van der Waals surface area contributed by atoms with Gasteiger partial charge in [0.15, 0.2) is 12.6 Å². The van der Waals surface area contributed by atoms with Gasteiger partial charge in [-0.3, -0.25) is 4.79 Å². The smallest absolute Gasteiger partial charge is 0.306 e. The van der Waals surface area contributed by atoms with Crippen LogP contribution in [-0.2, 0) is 33.2 Å². The van der Waals surface area contributed by atoms with Crippen molar-refractivity contribution in [3.8, 4) is 0 Å². The molecule has 2 saturated heterocycles. The molecule has 2 rings (SSSR count). The number of allylic oxidation sites excluding steroid dienone is 6. The lowest BCUT2D eigenvalue weighted by molar-refractivity contribution is -0.332. The molecule has 2 aliphatic heterocycles. The standard InChI is InChI=1S/C55H100O14/c1-3-5-7-9-11-13-15-17-19-20-21-22-23-25-27-29-31-33-35-37-39-64-41-44(67-47(57)38-36-34-32-30-28-26-24-18-16-14-12-10-8-6-4-2)42-65-54-53(63)51(61)49(59)46(69-54)43-66-55-52(62)50(60)48(58)45(40-56)68-55/h6,8,12,14,18,24,44-46,48-56,58-63H,3-5,7,9-11,13,15-17,19-23,25-43H2,1-2H3/b8-6-,14-12-,24-18-. The van der Waals surface area contributed by atoms with Crippen LogP contribution in [0.5, 0.6) is 0 Å². The normalized spacial score (nSPS) is 25.9. The average Bonchev–Trinajstić information content (AvgIpc) is 3.35. The van der Waals surface area contributed by atoms with Crippen LogP contribution < -0.4 is 0 Å². The molecule has 11 atom stereocenters. The van der Waals surface area contributed by atoms with Crippen molar-refractivity contribution < 1.29 is 69.0 Å². The van der Waals surface area contributed by atoms with Gasteiger partial charge in [0.25, 0.3) is 0 Å². The van der Waals surface area contributed by atoms with Gasteiger partial charge < -0.3 is 64.2 Å². The zero-order valence-electron chi connectivity index (χ0n) is 43.1. The summed E-state index contributed by atoms with van der Waals surface area (Å²) in [5, 5.41) is 72.2. The van der Waals surface area contributed by atoms with Gasteiger partial charge in [0.05, 0.1) is 26.4 Å². The van der Waals surface area contributed by atoms with Crippen LogP contribution in [0.25, 0.3) is 0 Å². The molecule has 0 aliphatic carbocycles. The fourth-order valence-corrected chi connectivity index (χ4v) is 8.71. The fourth-order valence-electron chi connectivity index (χ4n) is 8.71. The summed E-state index contributed by atoms with van der Waals surface area (Å²) in [6.45, 7) is 3.58. The molecule has 0 aromatic rings. The lowest BCUT2D eigenvalue weighted by Crippen LogP contribution is -2.61. The van der Waals surface area contributed by atoms with E-state index in [1.807, 2.05) is 0 Å². The van der Waals surface area contributed by atoms with Crippen molar-refractivity contribution in [3.05, 3.63) is 36.5 Å². The lowest BCUT2D eigenvalue weighted by atomic mass is 9.98. The van der Waals surface area contributed by atoms with E-state index < -0.39 is 86.7 Å². The zero-order chi connectivity index (χ0) is 50.2. The molecule has 0 spiro atoms. The van der Waals surface area contributed by atoms with E-state index in [2.05, 4.69) is 50.3 Å². The molecule has 7 N–H and O–H groups in total. The van der Waals surface area contributed by atoms with Gasteiger partial charge in [-0.25, -0.2) is 0 Å². The van der Waals surface area contributed by atoms with Crippen molar-refractivity contribution in [2.75, 3.05) is 33.0 Å². The first-order valence-corrected chi connectivity index (χ1v) is 27.6. The summed E-state index contributed by atoms with van der Waals surface area (Å²) < 4.78 is 34.3. The van der Waals surface area contributed by atoms with E-state index in [1.165, 1.54) is 109 Å². The topological polar surface area (TPSA) is 214 Å². The number of rotatable bonds is 44. The van der Waals surface area contributed by atoms with E-state index in [4.69, 9.17) is 28.4 Å². The molecule has 0 radical (unpaired) electrons. The molecule has 11 unspecified atom stereocenters. The monoisotopic (exact) mass is 985 g/mol. The van der Waals surface area contributed by atoms with Gasteiger partial charge in [-0.2, -0.15) is 0 Å². The summed E-state index contributed by atoms with van der Waals surface area (Å²) in [6, 6.07) is 0. The van der Waals surface area contributed by atoms with Crippen molar-refractivity contribution in [2.45, 2.75) is 274 Å². The molecule has 404 valence electrons. The predicted molar refractivity (Wildman–Crippen MR) is 270 cm³/mol. The molecule has 0 aromatic carbocycles. The maximum atomic E-state index is 13.0. The molecule has 14 nitrogen and oxygen atoms in total. The lowest BCUT2D eigenvalue weighted by Gasteiger charge is -2.42. The SMILES string of the molecule is CC/C=C\C/C=C\C/C=C\CCCCCCCC(=O)OC(COCCCCCCCCCCCCCCCCCCCCCC)COC1OC(COC2OC(CO)C(O)C(O)C2O)C(O)C(O)C1O. The third kappa shape index (κ3) is 30.1. The molecule has 2 fully saturated rings. The molecule has 0 amide bonds. The Labute approximate surface area is 417 Å². The van der Waals surface area contributed by atoms with Crippen LogP contribution in [0.2, 0.25) is 0 Å². The van der Waals surface area contributed by atoms with E-state index in [0.29, 0.717) is 13.0 Å². The summed E-state index contributed by atoms with van der Waals surface area (Å²) >= 11 is 0. The third-order valence-corrected chi connectivity index (χ3v) is 13.2. The highest BCUT2D eigenvalue weighted by Crippen LogP contribution is 2.26. The van der Waals surface area contributed by atoms with Crippen molar-refractivity contribution in [3.63, 3.8) is 0 Å². The number of aliphatic hydroxyl groups excluding tert-OH is 7. The Hall–Kier alpha value is -1.79. The van der Waals surface area contributed by atoms with Gasteiger partial charge >= 0.3 is 5.97 Å². The second-order valence-electron chi connectivity index (χ2n) is 19.4. The second kappa shape index (κ2) is 42.7. The molecule has 0 aromatic heterocycles. The number of esters is 1. The minimum atomic E-state index is -1.71. The molecule has 2 heterocycles. The fraction of sp³-hybridized carbons (Fsp3) is 0.873. The highest BCUT2D eigenvalue weighted by molar-refractivity contribution is 5.69. The number of unbranched alkanes of at least 4 members (excludes halogenated alkanes) is 24. The highest BCUT2D eigenvalue weighted by atomic mass is 16.7. The summed E-state index contributed by atoms with van der Waals surface area (Å²) in [6.07, 6.45) is 32.1. The van der Waals surface area contributed by atoms with Crippen molar-refractivity contribution >= 4 is 5.97 Å². The number of hydrogen-bond acceptors (Lipinski definition) is 14. The van der Waals surface area contributed by atoms with Crippen LogP contribution in [0.1, 0.15) is 206 Å². The maximum Gasteiger partial charge on any atom is 0.306 e. The first-order chi connectivity index (χ1) is 33.6. The Balaban J connectivity index is 1.73. The molecule has 14 heteroatoms. The van der Waals surface area contributed by atoms with Gasteiger partial charge in [0, 0.05) is 13.0 Å². The Morgan fingerprint density at radius 1 is 0.493 bits per heavy atom. The zero-order valence-corrected chi connectivity index (χ0v) is 43.1. The maximum absolute atomic E-state index is 13.0. The Kier molecular flexibility index (Phi) is 39.2. The average molecular weight is 985 g/mol. The van der Waals surface area contributed by atoms with Crippen LogP contribution in [0.4, 0.5) is 0 Å². The van der Waals surface area contributed by atoms with Crippen LogP contribution in [-0.4, -0.2) is 142 Å². The van der Waals surface area contributed by atoms with Crippen LogP contribution in [0.3, 0.4) is 0 Å². The minimum Gasteiger partial charge on any atom is -0.457 e. The molecule has 69 heavy (non-hydrogen) atoms. The molecular formula is C55H100O14. The van der Waals surface area contributed by atoms with Crippen molar-refractivity contribution in [1.82, 2.24) is 0 Å². The van der Waals surface area contributed by atoms with E-state index in [0.717, 1.165) is 70.6 Å². The van der Waals surface area contributed by atoms with Crippen LogP contribution in [0, 0.1) is 0 Å². The summed E-state index contributed by atoms with van der Waals surface area (Å²) in [5.74, 6) is -0.390. The first kappa shape index (κ1) is 63.3. The quantitative estimate of drug-likeness (QED) is 0.0173. The molecule has 2 aliphatic rings. The van der Waals surface area contributed by atoms with Gasteiger partial charge in [0.2, 0.25) is 0 Å². The number of hydrogen-bond donors (Lipinski definition) is 7. The van der Waals surface area contributed by atoms with Gasteiger partial charge in [-0.05, 0) is 44.9 Å². The number of carbonyl (C=O) groups is 1. The van der Waals surface area contributed by atoms with E-state index >= 15 is 0 Å². The Morgan fingerprint density at radius 3 is 1.48 bits per heavy atom. The van der Waals surface area contributed by atoms with E-state index in [9.17, 15) is 40.5 Å². The Bertz CT molecular complexity index is 1280. The van der Waals surface area contributed by atoms with Crippen LogP contribution in [0.15, 0.2) is 36.5 Å². The predicted octanol–water partition coefficient (Wildman–Crippen LogP) is 8.97. The first-order valence-electron chi connectivity index (χ1n) is 27.6. The molecule has 0 bridgehead atoms. The van der Waals surface area contributed by atoms with Crippen LogP contribution >= 0.6 is 0 Å². The van der Waals surface area contributed by atoms with E-state index in [1.54, 1.807) is 0 Å². The minimum absolute atomic E-state index is 0.0573. The summed E-state index contributed by atoms with van der Waals surface area (Å²) in [5.41, 5.74) is 0. The number of carbonyl (C=O) groups excluding carboxylic acids is 1. The van der Waals surface area contributed by atoms with E-state index in [-0.39, 0.29) is 19.6 Å².